The van der Waals surface area contributed by atoms with Gasteiger partial charge in [0, 0.05) is 25.7 Å². The Kier molecular flexibility index (Phi) is 7.60. The number of unbranched alkanes of at least 4 members (excludes halogenated alkanes) is 1. The molecule has 1 N–H and O–H groups in total. The largest absolute Gasteiger partial charge is 0.395 e. The van der Waals surface area contributed by atoms with Crippen LogP contribution in [0.3, 0.4) is 0 Å². The van der Waals surface area contributed by atoms with Gasteiger partial charge >= 0.3 is 0 Å². The second kappa shape index (κ2) is 9.71. The Balaban J connectivity index is 2.20. The minimum atomic E-state index is -3.67. The van der Waals surface area contributed by atoms with E-state index in [0.717, 1.165) is 18.4 Å². The van der Waals surface area contributed by atoms with Crippen molar-refractivity contribution >= 4 is 21.6 Å². The van der Waals surface area contributed by atoms with Gasteiger partial charge in [-0.15, -0.1) is 0 Å². The molecule has 152 valence electrons. The van der Waals surface area contributed by atoms with Gasteiger partial charge in [-0.25, -0.2) is 8.42 Å². The summed E-state index contributed by atoms with van der Waals surface area (Å²) in [7, 11) is -2.18. The molecule has 0 unspecified atom stereocenters. The third kappa shape index (κ3) is 5.11. The molecular formula is C21H28N2O4S. The van der Waals surface area contributed by atoms with Crippen LogP contribution in [-0.2, 0) is 10.0 Å². The summed E-state index contributed by atoms with van der Waals surface area (Å²) < 4.78 is 26.8. The molecule has 6 nitrogen and oxygen atoms in total. The molecule has 0 aromatic heterocycles. The first-order valence-corrected chi connectivity index (χ1v) is 10.8. The van der Waals surface area contributed by atoms with Crippen LogP contribution in [0.5, 0.6) is 0 Å². The fraction of sp³-hybridized carbons (Fsp3) is 0.381. The van der Waals surface area contributed by atoms with Gasteiger partial charge in [-0.05, 0) is 49.7 Å². The molecular weight excluding hydrogens is 376 g/mol. The van der Waals surface area contributed by atoms with E-state index in [9.17, 15) is 18.3 Å². The molecule has 28 heavy (non-hydrogen) atoms. The van der Waals surface area contributed by atoms with Crippen LogP contribution in [0.25, 0.3) is 0 Å². The lowest BCUT2D eigenvalue weighted by atomic mass is 10.1. The molecule has 2 aromatic rings. The van der Waals surface area contributed by atoms with Crippen molar-refractivity contribution in [3.8, 4) is 0 Å². The average molecular weight is 405 g/mol. The van der Waals surface area contributed by atoms with Crippen molar-refractivity contribution in [1.82, 2.24) is 4.90 Å². The Morgan fingerprint density at radius 1 is 1.00 bits per heavy atom. The van der Waals surface area contributed by atoms with E-state index >= 15 is 0 Å². The van der Waals surface area contributed by atoms with Crippen molar-refractivity contribution in [3.63, 3.8) is 0 Å². The van der Waals surface area contributed by atoms with E-state index in [1.54, 1.807) is 53.4 Å². The number of benzene rings is 2. The van der Waals surface area contributed by atoms with Crippen LogP contribution in [0.15, 0.2) is 53.4 Å². The number of amides is 1. The molecule has 0 radical (unpaired) electrons. The third-order valence-electron chi connectivity index (χ3n) is 4.60. The molecule has 0 fully saturated rings. The Hall–Kier alpha value is -2.38. The molecule has 2 aromatic carbocycles. The molecule has 0 spiro atoms. The first-order chi connectivity index (χ1) is 13.3. The molecule has 0 bridgehead atoms. The fourth-order valence-corrected chi connectivity index (χ4v) is 3.98. The van der Waals surface area contributed by atoms with Gasteiger partial charge in [-0.3, -0.25) is 9.10 Å². The highest BCUT2D eigenvalue weighted by atomic mass is 32.2. The molecule has 0 atom stereocenters. The van der Waals surface area contributed by atoms with E-state index in [1.165, 1.54) is 11.4 Å². The van der Waals surface area contributed by atoms with Crippen molar-refractivity contribution < 1.29 is 18.3 Å². The Morgan fingerprint density at radius 2 is 1.61 bits per heavy atom. The Morgan fingerprint density at radius 3 is 2.14 bits per heavy atom. The summed E-state index contributed by atoms with van der Waals surface area (Å²) in [5.41, 5.74) is 1.92. The van der Waals surface area contributed by atoms with Gasteiger partial charge in [0.2, 0.25) is 0 Å². The van der Waals surface area contributed by atoms with Crippen LogP contribution >= 0.6 is 0 Å². The second-order valence-electron chi connectivity index (χ2n) is 6.70. The minimum Gasteiger partial charge on any atom is -0.395 e. The standard InChI is InChI=1S/C21H28N2O4S/c1-4-5-14-23(15-16-24)21(25)18-8-10-19(11-9-18)22(3)28(26,27)20-12-6-17(2)7-13-20/h6-13,24H,4-5,14-16H2,1-3H3. The lowest BCUT2D eigenvalue weighted by molar-refractivity contribution is 0.0719. The number of aliphatic hydroxyl groups excluding tert-OH is 1. The molecule has 0 aliphatic rings. The highest BCUT2D eigenvalue weighted by Crippen LogP contribution is 2.23. The van der Waals surface area contributed by atoms with Gasteiger partial charge in [-0.2, -0.15) is 0 Å². The van der Waals surface area contributed by atoms with Crippen LogP contribution in [0, 0.1) is 6.92 Å². The first kappa shape index (κ1) is 21.9. The maximum atomic E-state index is 12.8. The quantitative estimate of drug-likeness (QED) is 0.697. The smallest absolute Gasteiger partial charge is 0.264 e. The normalized spacial score (nSPS) is 11.3. The maximum absolute atomic E-state index is 12.8. The lowest BCUT2D eigenvalue weighted by Crippen LogP contribution is -2.34. The summed E-state index contributed by atoms with van der Waals surface area (Å²) in [5, 5.41) is 9.20. The molecule has 0 saturated carbocycles. The van der Waals surface area contributed by atoms with Crippen molar-refractivity contribution in [2.75, 3.05) is 31.0 Å². The number of aliphatic hydroxyl groups is 1. The third-order valence-corrected chi connectivity index (χ3v) is 6.40. The number of nitrogens with zero attached hydrogens (tertiary/aromatic N) is 2. The summed E-state index contributed by atoms with van der Waals surface area (Å²) in [4.78, 5) is 14.5. The van der Waals surface area contributed by atoms with Crippen LogP contribution in [0.1, 0.15) is 35.7 Å². The summed E-state index contributed by atoms with van der Waals surface area (Å²) in [6.45, 7) is 4.71. The van der Waals surface area contributed by atoms with Crippen molar-refractivity contribution in [3.05, 3.63) is 59.7 Å². The van der Waals surface area contributed by atoms with Crippen molar-refractivity contribution in [2.24, 2.45) is 0 Å². The van der Waals surface area contributed by atoms with E-state index in [4.69, 9.17) is 0 Å². The van der Waals surface area contributed by atoms with E-state index in [0.29, 0.717) is 17.8 Å². The van der Waals surface area contributed by atoms with Gasteiger partial charge in [0.25, 0.3) is 15.9 Å². The zero-order chi connectivity index (χ0) is 20.7. The first-order valence-electron chi connectivity index (χ1n) is 9.37. The van der Waals surface area contributed by atoms with Crippen LogP contribution in [0.4, 0.5) is 5.69 Å². The van der Waals surface area contributed by atoms with Gasteiger partial charge < -0.3 is 10.0 Å². The van der Waals surface area contributed by atoms with Gasteiger partial charge in [-0.1, -0.05) is 31.0 Å². The maximum Gasteiger partial charge on any atom is 0.264 e. The monoisotopic (exact) mass is 404 g/mol. The van der Waals surface area contributed by atoms with Crippen molar-refractivity contribution in [2.45, 2.75) is 31.6 Å². The van der Waals surface area contributed by atoms with Crippen LogP contribution < -0.4 is 4.31 Å². The van der Waals surface area contributed by atoms with E-state index in [1.807, 2.05) is 13.8 Å². The number of aryl methyl sites for hydroxylation is 1. The lowest BCUT2D eigenvalue weighted by Gasteiger charge is -2.23. The average Bonchev–Trinajstić information content (AvgIpc) is 2.70. The predicted octanol–water partition coefficient (Wildman–Crippen LogP) is 3.05. The number of rotatable bonds is 9. The number of carbonyl (C=O) groups excluding carboxylic acids is 1. The Labute approximate surface area is 167 Å². The summed E-state index contributed by atoms with van der Waals surface area (Å²) >= 11 is 0. The minimum absolute atomic E-state index is 0.0922. The van der Waals surface area contributed by atoms with Crippen LogP contribution in [0.2, 0.25) is 0 Å². The SMILES string of the molecule is CCCCN(CCO)C(=O)c1ccc(N(C)S(=O)(=O)c2ccc(C)cc2)cc1. The number of hydrogen-bond donors (Lipinski definition) is 1. The predicted molar refractivity (Wildman–Crippen MR) is 111 cm³/mol. The fourth-order valence-electron chi connectivity index (χ4n) is 2.79. The molecule has 0 aliphatic carbocycles. The number of sulfonamides is 1. The zero-order valence-corrected chi connectivity index (χ0v) is 17.4. The number of carbonyl (C=O) groups is 1. The Bertz CT molecular complexity index is 878. The van der Waals surface area contributed by atoms with Gasteiger partial charge in [0.05, 0.1) is 17.2 Å². The summed E-state index contributed by atoms with van der Waals surface area (Å²) in [6.07, 6.45) is 1.82. The zero-order valence-electron chi connectivity index (χ0n) is 16.6. The van der Waals surface area contributed by atoms with Gasteiger partial charge in [0.15, 0.2) is 0 Å². The van der Waals surface area contributed by atoms with Crippen LogP contribution in [-0.4, -0.2) is 51.1 Å². The number of hydrogen-bond acceptors (Lipinski definition) is 4. The molecule has 2 rings (SSSR count). The topological polar surface area (TPSA) is 77.9 Å². The highest BCUT2D eigenvalue weighted by Gasteiger charge is 2.22. The molecule has 0 heterocycles. The molecule has 7 heteroatoms. The van der Waals surface area contributed by atoms with E-state index in [-0.39, 0.29) is 24.0 Å². The van der Waals surface area contributed by atoms with E-state index < -0.39 is 10.0 Å². The van der Waals surface area contributed by atoms with Gasteiger partial charge in [0.1, 0.15) is 0 Å². The molecule has 0 aliphatic heterocycles. The van der Waals surface area contributed by atoms with E-state index in [2.05, 4.69) is 0 Å². The second-order valence-corrected chi connectivity index (χ2v) is 8.67. The molecule has 0 saturated heterocycles. The summed E-state index contributed by atoms with van der Waals surface area (Å²) in [6, 6.07) is 13.2. The summed E-state index contributed by atoms with van der Waals surface area (Å²) in [5.74, 6) is -0.168. The molecule has 1 amide bonds. The highest BCUT2D eigenvalue weighted by molar-refractivity contribution is 7.92. The number of anilines is 1. The van der Waals surface area contributed by atoms with Crippen molar-refractivity contribution in [1.29, 1.82) is 0 Å².